The number of hydrogen-bond acceptors (Lipinski definition) is 5. The molecule has 31 heavy (non-hydrogen) atoms. The fraction of sp³-hybridized carbons (Fsp3) is 0.167. The zero-order chi connectivity index (χ0) is 21.6. The van der Waals surface area contributed by atoms with E-state index in [0.29, 0.717) is 23.9 Å². The number of nitrogens with zero attached hydrogens (tertiary/aromatic N) is 2. The van der Waals surface area contributed by atoms with Crippen LogP contribution in [0.3, 0.4) is 0 Å². The lowest BCUT2D eigenvalue weighted by Crippen LogP contribution is -2.12. The van der Waals surface area contributed by atoms with Crippen LogP contribution in [0, 0.1) is 6.92 Å². The van der Waals surface area contributed by atoms with Gasteiger partial charge in [-0.25, -0.2) is 0 Å². The molecule has 0 fully saturated rings. The summed E-state index contributed by atoms with van der Waals surface area (Å²) >= 11 is 0. The quantitative estimate of drug-likeness (QED) is 0.451. The van der Waals surface area contributed by atoms with E-state index < -0.39 is 0 Å². The summed E-state index contributed by atoms with van der Waals surface area (Å²) in [6.45, 7) is 2.91. The van der Waals surface area contributed by atoms with Crippen LogP contribution in [-0.4, -0.2) is 22.8 Å². The number of amides is 1. The first-order valence-electron chi connectivity index (χ1n) is 9.85. The van der Waals surface area contributed by atoms with Gasteiger partial charge in [0.15, 0.2) is 11.6 Å². The highest BCUT2D eigenvalue weighted by atomic mass is 16.5. The van der Waals surface area contributed by atoms with Crippen molar-refractivity contribution in [3.8, 4) is 11.5 Å². The lowest BCUT2D eigenvalue weighted by molar-refractivity contribution is 0.0992. The number of aryl methyl sites for hydroxylation is 1. The molecule has 2 aromatic heterocycles. The summed E-state index contributed by atoms with van der Waals surface area (Å²) in [5, 5.41) is 7.18. The second-order valence-corrected chi connectivity index (χ2v) is 7.01. The summed E-state index contributed by atoms with van der Waals surface area (Å²) in [5.74, 6) is 2.28. The van der Waals surface area contributed by atoms with Crippen LogP contribution in [-0.2, 0) is 13.2 Å². The highest BCUT2D eigenvalue weighted by Gasteiger charge is 2.13. The van der Waals surface area contributed by atoms with Crippen molar-refractivity contribution in [3.63, 3.8) is 0 Å². The molecule has 0 aliphatic carbocycles. The number of hydrogen-bond donors (Lipinski definition) is 1. The minimum atomic E-state index is -0.364. The number of carbonyl (C=O) groups is 1. The summed E-state index contributed by atoms with van der Waals surface area (Å²) in [6.07, 6.45) is 1.83. The topological polar surface area (TPSA) is 78.5 Å². The molecule has 158 valence electrons. The van der Waals surface area contributed by atoms with E-state index in [1.807, 2.05) is 42.6 Å². The van der Waals surface area contributed by atoms with Crippen LogP contribution < -0.4 is 14.8 Å². The van der Waals surface area contributed by atoms with Crippen LogP contribution in [0.25, 0.3) is 0 Å². The minimum absolute atomic E-state index is 0.196. The van der Waals surface area contributed by atoms with E-state index in [9.17, 15) is 4.79 Å². The number of furan rings is 1. The lowest BCUT2D eigenvalue weighted by Gasteiger charge is -2.06. The van der Waals surface area contributed by atoms with Crippen LogP contribution in [0.2, 0.25) is 0 Å². The third-order valence-electron chi connectivity index (χ3n) is 4.80. The predicted octanol–water partition coefficient (Wildman–Crippen LogP) is 4.67. The van der Waals surface area contributed by atoms with Crippen molar-refractivity contribution in [3.05, 3.63) is 95.6 Å². The van der Waals surface area contributed by atoms with E-state index in [0.717, 1.165) is 5.75 Å². The average molecular weight is 417 g/mol. The zero-order valence-electron chi connectivity index (χ0n) is 17.4. The van der Waals surface area contributed by atoms with Crippen molar-refractivity contribution in [1.29, 1.82) is 0 Å². The third kappa shape index (κ3) is 5.14. The lowest BCUT2D eigenvalue weighted by atomic mass is 10.1. The molecular weight excluding hydrogens is 394 g/mol. The molecule has 0 aliphatic rings. The predicted molar refractivity (Wildman–Crippen MR) is 116 cm³/mol. The number of methoxy groups -OCH3 is 1. The Kier molecular flexibility index (Phi) is 6.03. The molecule has 0 radical (unpaired) electrons. The standard InChI is InChI=1S/C24H23N3O4/c1-17-5-3-4-6-18(17)15-27-14-13-23(26-27)25-24(28)22-12-11-21(31-22)16-30-20-9-7-19(29-2)8-10-20/h3-14H,15-16H2,1-2H3,(H,25,26,28). The maximum atomic E-state index is 12.5. The first kappa shape index (κ1) is 20.3. The normalized spacial score (nSPS) is 10.6. The highest BCUT2D eigenvalue weighted by Crippen LogP contribution is 2.19. The summed E-state index contributed by atoms with van der Waals surface area (Å²) in [5.41, 5.74) is 2.37. The van der Waals surface area contributed by atoms with Gasteiger partial charge in [0.25, 0.3) is 5.91 Å². The molecule has 2 heterocycles. The molecule has 0 spiro atoms. The smallest absolute Gasteiger partial charge is 0.292 e. The second-order valence-electron chi connectivity index (χ2n) is 7.01. The van der Waals surface area contributed by atoms with Gasteiger partial charge in [-0.2, -0.15) is 5.10 Å². The van der Waals surface area contributed by atoms with Gasteiger partial charge in [-0.15, -0.1) is 0 Å². The van der Waals surface area contributed by atoms with Crippen LogP contribution >= 0.6 is 0 Å². The molecule has 7 nitrogen and oxygen atoms in total. The van der Waals surface area contributed by atoms with E-state index in [2.05, 4.69) is 29.5 Å². The van der Waals surface area contributed by atoms with Gasteiger partial charge < -0.3 is 19.2 Å². The summed E-state index contributed by atoms with van der Waals surface area (Å²) < 4.78 is 18.2. The Morgan fingerprint density at radius 2 is 1.81 bits per heavy atom. The van der Waals surface area contributed by atoms with E-state index in [4.69, 9.17) is 13.9 Å². The average Bonchev–Trinajstić information content (AvgIpc) is 3.44. The molecule has 0 bridgehead atoms. The Bertz CT molecular complexity index is 1160. The zero-order valence-corrected chi connectivity index (χ0v) is 17.4. The number of rotatable bonds is 8. The summed E-state index contributed by atoms with van der Waals surface area (Å²) in [6, 6.07) is 20.5. The fourth-order valence-electron chi connectivity index (χ4n) is 3.06. The second kappa shape index (κ2) is 9.21. The monoisotopic (exact) mass is 417 g/mol. The molecule has 7 heteroatoms. The number of carbonyl (C=O) groups excluding carboxylic acids is 1. The van der Waals surface area contributed by atoms with Crippen LogP contribution in [0.5, 0.6) is 11.5 Å². The van der Waals surface area contributed by atoms with E-state index >= 15 is 0 Å². The van der Waals surface area contributed by atoms with Gasteiger partial charge in [-0.05, 0) is 54.4 Å². The molecule has 4 rings (SSSR count). The van der Waals surface area contributed by atoms with Gasteiger partial charge in [0.05, 0.1) is 13.7 Å². The number of benzene rings is 2. The van der Waals surface area contributed by atoms with Crippen molar-refractivity contribution < 1.29 is 18.7 Å². The van der Waals surface area contributed by atoms with Gasteiger partial charge in [0, 0.05) is 12.3 Å². The number of ether oxygens (including phenoxy) is 2. The Morgan fingerprint density at radius 1 is 1.03 bits per heavy atom. The Morgan fingerprint density at radius 3 is 2.58 bits per heavy atom. The number of aromatic nitrogens is 2. The molecule has 0 unspecified atom stereocenters. The number of nitrogens with one attached hydrogen (secondary N) is 1. The summed E-state index contributed by atoms with van der Waals surface area (Å²) in [4.78, 5) is 12.5. The first-order chi connectivity index (χ1) is 15.1. The Balaban J connectivity index is 1.32. The van der Waals surface area contributed by atoms with Gasteiger partial charge in [-0.1, -0.05) is 24.3 Å². The van der Waals surface area contributed by atoms with E-state index in [1.54, 1.807) is 30.0 Å². The van der Waals surface area contributed by atoms with Gasteiger partial charge in [0.1, 0.15) is 23.9 Å². The van der Waals surface area contributed by atoms with Crippen molar-refractivity contribution >= 4 is 11.7 Å². The largest absolute Gasteiger partial charge is 0.497 e. The molecule has 2 aromatic carbocycles. The molecule has 0 saturated heterocycles. The van der Waals surface area contributed by atoms with Crippen molar-refractivity contribution in [1.82, 2.24) is 9.78 Å². The Hall–Kier alpha value is -4.00. The van der Waals surface area contributed by atoms with E-state index in [1.165, 1.54) is 11.1 Å². The van der Waals surface area contributed by atoms with Crippen molar-refractivity contribution in [2.75, 3.05) is 12.4 Å². The van der Waals surface area contributed by atoms with Crippen LogP contribution in [0.15, 0.2) is 77.3 Å². The van der Waals surface area contributed by atoms with Gasteiger partial charge in [0.2, 0.25) is 0 Å². The molecule has 1 N–H and O–H groups in total. The van der Waals surface area contributed by atoms with Crippen LogP contribution in [0.4, 0.5) is 5.82 Å². The first-order valence-corrected chi connectivity index (χ1v) is 9.85. The molecule has 4 aromatic rings. The summed E-state index contributed by atoms with van der Waals surface area (Å²) in [7, 11) is 1.61. The molecule has 0 aliphatic heterocycles. The third-order valence-corrected chi connectivity index (χ3v) is 4.80. The SMILES string of the molecule is COc1ccc(OCc2ccc(C(=O)Nc3ccn(Cc4ccccc4C)n3)o2)cc1. The van der Waals surface area contributed by atoms with Crippen LogP contribution in [0.1, 0.15) is 27.4 Å². The molecule has 1 amide bonds. The molecule has 0 atom stereocenters. The number of anilines is 1. The molecular formula is C24H23N3O4. The van der Waals surface area contributed by atoms with Gasteiger partial charge in [-0.3, -0.25) is 9.48 Å². The maximum Gasteiger partial charge on any atom is 0.292 e. The highest BCUT2D eigenvalue weighted by molar-refractivity contribution is 6.01. The maximum absolute atomic E-state index is 12.5. The molecule has 0 saturated carbocycles. The van der Waals surface area contributed by atoms with E-state index in [-0.39, 0.29) is 18.3 Å². The fourth-order valence-corrected chi connectivity index (χ4v) is 3.06. The van der Waals surface area contributed by atoms with Gasteiger partial charge >= 0.3 is 0 Å². The minimum Gasteiger partial charge on any atom is -0.497 e. The van der Waals surface area contributed by atoms with Crippen molar-refractivity contribution in [2.24, 2.45) is 0 Å². The van der Waals surface area contributed by atoms with Crippen molar-refractivity contribution in [2.45, 2.75) is 20.1 Å². The Labute approximate surface area is 180 Å².